The van der Waals surface area contributed by atoms with Gasteiger partial charge in [-0.15, -0.1) is 0 Å². The van der Waals surface area contributed by atoms with Crippen LogP contribution in [0.3, 0.4) is 0 Å². The number of rotatable bonds is 3. The van der Waals surface area contributed by atoms with Crippen molar-refractivity contribution in [3.8, 4) is 6.07 Å². The Morgan fingerprint density at radius 1 is 1.42 bits per heavy atom. The normalized spacial score (nSPS) is 24.6. The van der Waals surface area contributed by atoms with Crippen molar-refractivity contribution in [3.05, 3.63) is 29.4 Å². The first kappa shape index (κ1) is 16.8. The quantitative estimate of drug-likeness (QED) is 0.860. The highest BCUT2D eigenvalue weighted by Gasteiger charge is 2.43. The van der Waals surface area contributed by atoms with E-state index in [4.69, 9.17) is 16.9 Å². The van der Waals surface area contributed by atoms with Gasteiger partial charge in [-0.1, -0.05) is 11.6 Å². The lowest BCUT2D eigenvalue weighted by molar-refractivity contribution is -0.124. The number of aromatic nitrogens is 1. The number of aliphatic hydroxyl groups excluding tert-OH is 1. The zero-order chi connectivity index (χ0) is 18.4. The zero-order valence-corrected chi connectivity index (χ0v) is 14.4. The number of nitrogens with zero attached hydrogens (tertiary/aromatic N) is 3. The molecule has 0 spiro atoms. The van der Waals surface area contributed by atoms with Gasteiger partial charge in [0.15, 0.2) is 0 Å². The van der Waals surface area contributed by atoms with Crippen molar-refractivity contribution >= 4 is 45.7 Å². The first-order chi connectivity index (χ1) is 12.5. The number of anilines is 2. The van der Waals surface area contributed by atoms with Crippen LogP contribution in [0, 0.1) is 23.2 Å². The number of aliphatic hydroxyl groups is 1. The number of hydrogen-bond acceptors (Lipinski definition) is 5. The maximum absolute atomic E-state index is 12.1. The van der Waals surface area contributed by atoms with Crippen LogP contribution in [0.2, 0.25) is 5.02 Å². The van der Waals surface area contributed by atoms with Gasteiger partial charge < -0.3 is 15.3 Å². The average molecular weight is 371 g/mol. The maximum Gasteiger partial charge on any atom is 0.255 e. The fraction of sp³-hybridized carbons (Fsp3) is 0.333. The van der Waals surface area contributed by atoms with E-state index < -0.39 is 6.10 Å². The third-order valence-electron chi connectivity index (χ3n) is 4.80. The van der Waals surface area contributed by atoms with Gasteiger partial charge in [0, 0.05) is 30.2 Å². The van der Waals surface area contributed by atoms with Crippen LogP contribution in [0.4, 0.5) is 11.5 Å². The van der Waals surface area contributed by atoms with Crippen LogP contribution in [-0.4, -0.2) is 34.6 Å². The zero-order valence-electron chi connectivity index (χ0n) is 13.6. The molecule has 132 valence electrons. The van der Waals surface area contributed by atoms with Gasteiger partial charge in [0.2, 0.25) is 5.91 Å². The third-order valence-corrected chi connectivity index (χ3v) is 5.12. The predicted molar refractivity (Wildman–Crippen MR) is 95.6 cm³/mol. The Labute approximate surface area is 154 Å². The molecule has 7 nitrogen and oxygen atoms in total. The molecule has 2 amide bonds. The molecule has 2 aliphatic rings. The fourth-order valence-electron chi connectivity index (χ4n) is 3.19. The monoisotopic (exact) mass is 370 g/mol. The third kappa shape index (κ3) is 2.87. The molecule has 1 aliphatic heterocycles. The highest BCUT2D eigenvalue weighted by molar-refractivity contribution is 6.36. The summed E-state index contributed by atoms with van der Waals surface area (Å²) in [7, 11) is 0. The van der Waals surface area contributed by atoms with E-state index >= 15 is 0 Å². The Kier molecular flexibility index (Phi) is 4.02. The number of fused-ring (bicyclic) bond motifs is 1. The predicted octanol–water partition coefficient (Wildman–Crippen LogP) is 2.08. The summed E-state index contributed by atoms with van der Waals surface area (Å²) in [4.78, 5) is 29.8. The number of carbonyl (C=O) groups is 2. The molecule has 1 aromatic heterocycles. The summed E-state index contributed by atoms with van der Waals surface area (Å²) in [6.07, 6.45) is 1.54. The number of pyridine rings is 1. The number of amides is 2. The number of nitrogens with one attached hydrogen (secondary N) is 1. The summed E-state index contributed by atoms with van der Waals surface area (Å²) in [5.41, 5.74) is 0.597. The number of nitriles is 1. The molecule has 1 aromatic carbocycles. The molecule has 3 atom stereocenters. The summed E-state index contributed by atoms with van der Waals surface area (Å²) in [6, 6.07) is 7.22. The van der Waals surface area contributed by atoms with E-state index in [2.05, 4.69) is 16.4 Å². The minimum absolute atomic E-state index is 0.218. The number of benzene rings is 1. The lowest BCUT2D eigenvalue weighted by Gasteiger charge is -2.17. The molecule has 0 unspecified atom stereocenters. The van der Waals surface area contributed by atoms with Crippen LogP contribution in [0.5, 0.6) is 0 Å². The Hall–Kier alpha value is -2.69. The van der Waals surface area contributed by atoms with Crippen molar-refractivity contribution in [3.63, 3.8) is 0 Å². The van der Waals surface area contributed by atoms with Gasteiger partial charge in [-0.25, -0.2) is 4.98 Å². The van der Waals surface area contributed by atoms with Crippen molar-refractivity contribution in [1.82, 2.24) is 4.98 Å². The largest absolute Gasteiger partial charge is 0.383 e. The van der Waals surface area contributed by atoms with Crippen LogP contribution in [0.25, 0.3) is 10.8 Å². The molecule has 8 heteroatoms. The molecule has 2 heterocycles. The first-order valence-electron chi connectivity index (χ1n) is 8.27. The van der Waals surface area contributed by atoms with Crippen molar-refractivity contribution in [2.45, 2.75) is 18.9 Å². The van der Waals surface area contributed by atoms with E-state index in [0.29, 0.717) is 41.3 Å². The lowest BCUT2D eigenvalue weighted by Crippen LogP contribution is -2.29. The number of carbonyl (C=O) groups excluding carboxylic acids is 2. The second-order valence-corrected chi connectivity index (χ2v) is 6.99. The van der Waals surface area contributed by atoms with E-state index in [-0.39, 0.29) is 23.7 Å². The molecular formula is C18H15ClN4O3. The molecular weight excluding hydrogens is 356 g/mol. The summed E-state index contributed by atoms with van der Waals surface area (Å²) in [5.74, 6) is -0.699. The molecule has 26 heavy (non-hydrogen) atoms. The summed E-state index contributed by atoms with van der Waals surface area (Å²) >= 11 is 6.32. The Morgan fingerprint density at radius 2 is 2.23 bits per heavy atom. The van der Waals surface area contributed by atoms with Crippen LogP contribution < -0.4 is 10.2 Å². The summed E-state index contributed by atoms with van der Waals surface area (Å²) in [5, 5.41) is 23.0. The Balaban J connectivity index is 1.63. The highest BCUT2D eigenvalue weighted by atomic mass is 35.5. The molecule has 1 saturated heterocycles. The van der Waals surface area contributed by atoms with Crippen molar-refractivity contribution in [2.75, 3.05) is 16.8 Å². The number of hydrogen-bond donors (Lipinski definition) is 2. The Bertz CT molecular complexity index is 971. The van der Waals surface area contributed by atoms with E-state index in [0.717, 1.165) is 5.39 Å². The second kappa shape index (κ2) is 6.24. The number of halogens is 1. The molecule has 4 rings (SSSR count). The van der Waals surface area contributed by atoms with Crippen LogP contribution in [-0.2, 0) is 9.59 Å². The van der Waals surface area contributed by atoms with Crippen LogP contribution in [0.1, 0.15) is 12.8 Å². The van der Waals surface area contributed by atoms with E-state index in [1.54, 1.807) is 24.4 Å². The highest BCUT2D eigenvalue weighted by Crippen LogP contribution is 2.38. The first-order valence-corrected chi connectivity index (χ1v) is 8.65. The topological polar surface area (TPSA) is 106 Å². The molecule has 2 fully saturated rings. The molecule has 0 bridgehead atoms. The molecule has 1 aliphatic carbocycles. The van der Waals surface area contributed by atoms with Gasteiger partial charge in [-0.05, 0) is 30.0 Å². The average Bonchev–Trinajstić information content (AvgIpc) is 3.34. The minimum atomic E-state index is -0.983. The minimum Gasteiger partial charge on any atom is -0.383 e. The van der Waals surface area contributed by atoms with E-state index in [1.807, 2.05) is 0 Å². The van der Waals surface area contributed by atoms with Gasteiger partial charge in [-0.3, -0.25) is 9.59 Å². The SMILES string of the molecule is N#C[C@@H]1C[C@H]1C(=O)Nc1cc2cc(N3CC[C@H](O)C3=O)cc(Cl)c2cn1. The van der Waals surface area contributed by atoms with E-state index in [9.17, 15) is 14.7 Å². The second-order valence-electron chi connectivity index (χ2n) is 6.58. The van der Waals surface area contributed by atoms with Gasteiger partial charge >= 0.3 is 0 Å². The van der Waals surface area contributed by atoms with Crippen LogP contribution >= 0.6 is 11.6 Å². The van der Waals surface area contributed by atoms with Gasteiger partial charge in [0.25, 0.3) is 5.91 Å². The van der Waals surface area contributed by atoms with Gasteiger partial charge in [0.05, 0.1) is 22.9 Å². The Morgan fingerprint density at radius 3 is 2.88 bits per heavy atom. The summed E-state index contributed by atoms with van der Waals surface area (Å²) in [6.45, 7) is 0.424. The van der Waals surface area contributed by atoms with E-state index in [1.165, 1.54) is 4.90 Å². The van der Waals surface area contributed by atoms with Crippen LogP contribution in [0.15, 0.2) is 24.4 Å². The smallest absolute Gasteiger partial charge is 0.255 e. The van der Waals surface area contributed by atoms with Crippen molar-refractivity contribution in [2.24, 2.45) is 11.8 Å². The van der Waals surface area contributed by atoms with Gasteiger partial charge in [0.1, 0.15) is 11.9 Å². The molecule has 2 aromatic rings. The summed E-state index contributed by atoms with van der Waals surface area (Å²) < 4.78 is 0. The molecule has 0 radical (unpaired) electrons. The molecule has 1 saturated carbocycles. The van der Waals surface area contributed by atoms with Crippen molar-refractivity contribution in [1.29, 1.82) is 5.26 Å². The standard InChI is InChI=1S/C18H15ClN4O3/c19-14-6-11(23-2-1-15(24)18(23)26)3-9-5-16(21-8-13(9)14)22-17(25)12-4-10(12)7-20/h3,5-6,8,10,12,15,24H,1-2,4H2,(H,21,22,25)/t10-,12+,15-/m0/s1. The molecule has 2 N–H and O–H groups in total. The maximum atomic E-state index is 12.1. The lowest BCUT2D eigenvalue weighted by atomic mass is 10.1. The fourth-order valence-corrected chi connectivity index (χ4v) is 3.46. The van der Waals surface area contributed by atoms with Gasteiger partial charge in [-0.2, -0.15) is 5.26 Å². The van der Waals surface area contributed by atoms with Crippen molar-refractivity contribution < 1.29 is 14.7 Å².